The molecular formula is C22H38N2O3. The molecule has 27 heavy (non-hydrogen) atoms. The summed E-state index contributed by atoms with van der Waals surface area (Å²) in [6, 6.07) is 7.62. The molecule has 1 amide bonds. The number of hydrogen-bond donors (Lipinski definition) is 2. The normalized spacial score (nSPS) is 16.6. The minimum Gasteiger partial charge on any atom is -0.497 e. The highest BCUT2D eigenvalue weighted by Crippen LogP contribution is 2.27. The van der Waals surface area contributed by atoms with Gasteiger partial charge in [0.15, 0.2) is 6.10 Å². The van der Waals surface area contributed by atoms with E-state index in [4.69, 9.17) is 15.2 Å². The quantitative estimate of drug-likeness (QED) is 0.687. The molecular weight excluding hydrogens is 340 g/mol. The highest BCUT2D eigenvalue weighted by atomic mass is 16.5. The van der Waals surface area contributed by atoms with Gasteiger partial charge in [-0.05, 0) is 36.5 Å². The largest absolute Gasteiger partial charge is 0.497 e. The molecule has 0 aliphatic heterocycles. The Morgan fingerprint density at radius 1 is 1.22 bits per heavy atom. The summed E-state index contributed by atoms with van der Waals surface area (Å²) in [6.07, 6.45) is 7.36. The van der Waals surface area contributed by atoms with E-state index in [9.17, 15) is 4.79 Å². The molecule has 2 rings (SSSR count). The molecule has 1 aliphatic rings. The highest BCUT2D eigenvalue weighted by molar-refractivity contribution is 5.81. The van der Waals surface area contributed by atoms with Gasteiger partial charge in [-0.25, -0.2) is 0 Å². The van der Waals surface area contributed by atoms with E-state index in [0.29, 0.717) is 12.5 Å². The van der Waals surface area contributed by atoms with Crippen LogP contribution in [0.4, 0.5) is 0 Å². The SMILES string of the molecule is CC.COc1cccc(CCNC(=O)C(OC)[C@H](N)CC2CCCCC2)c1. The molecule has 5 heteroatoms. The zero-order chi connectivity index (χ0) is 20.1. The lowest BCUT2D eigenvalue weighted by Crippen LogP contribution is -2.48. The molecule has 1 fully saturated rings. The first-order valence-electron chi connectivity index (χ1n) is 10.3. The first-order valence-corrected chi connectivity index (χ1v) is 10.3. The Hall–Kier alpha value is -1.59. The summed E-state index contributed by atoms with van der Waals surface area (Å²) in [5.74, 6) is 1.34. The van der Waals surface area contributed by atoms with Gasteiger partial charge in [0.05, 0.1) is 7.11 Å². The van der Waals surface area contributed by atoms with E-state index in [2.05, 4.69) is 5.32 Å². The molecule has 5 nitrogen and oxygen atoms in total. The Labute approximate surface area is 165 Å². The number of benzene rings is 1. The number of ether oxygens (including phenoxy) is 2. The Morgan fingerprint density at radius 3 is 2.56 bits per heavy atom. The fourth-order valence-electron chi connectivity index (χ4n) is 3.67. The maximum absolute atomic E-state index is 12.4. The Balaban J connectivity index is 0.00000176. The Morgan fingerprint density at radius 2 is 1.93 bits per heavy atom. The van der Waals surface area contributed by atoms with Crippen molar-refractivity contribution in [3.63, 3.8) is 0 Å². The number of carbonyl (C=O) groups is 1. The van der Waals surface area contributed by atoms with Crippen molar-refractivity contribution < 1.29 is 14.3 Å². The summed E-state index contributed by atoms with van der Waals surface area (Å²) in [5, 5.41) is 2.95. The molecule has 1 aromatic rings. The first-order chi connectivity index (χ1) is 13.1. The number of rotatable bonds is 9. The average molecular weight is 379 g/mol. The second kappa shape index (κ2) is 13.6. The Kier molecular flexibility index (Phi) is 11.8. The van der Waals surface area contributed by atoms with Gasteiger partial charge >= 0.3 is 0 Å². The van der Waals surface area contributed by atoms with Gasteiger partial charge in [0.25, 0.3) is 5.91 Å². The minimum atomic E-state index is -0.577. The number of methoxy groups -OCH3 is 2. The lowest BCUT2D eigenvalue weighted by molar-refractivity contribution is -0.132. The van der Waals surface area contributed by atoms with Crippen molar-refractivity contribution in [2.75, 3.05) is 20.8 Å². The highest BCUT2D eigenvalue weighted by Gasteiger charge is 2.28. The summed E-state index contributed by atoms with van der Waals surface area (Å²) < 4.78 is 10.6. The average Bonchev–Trinajstić information content (AvgIpc) is 2.71. The van der Waals surface area contributed by atoms with Gasteiger partial charge in [0.2, 0.25) is 0 Å². The number of nitrogens with two attached hydrogens (primary N) is 1. The van der Waals surface area contributed by atoms with E-state index in [-0.39, 0.29) is 11.9 Å². The number of nitrogens with one attached hydrogen (secondary N) is 1. The van der Waals surface area contributed by atoms with Crippen molar-refractivity contribution in [2.45, 2.75) is 70.9 Å². The molecule has 0 aromatic heterocycles. The monoisotopic (exact) mass is 378 g/mol. The molecule has 3 N–H and O–H groups in total. The topological polar surface area (TPSA) is 73.6 Å². The maximum Gasteiger partial charge on any atom is 0.250 e. The summed E-state index contributed by atoms with van der Waals surface area (Å²) in [6.45, 7) is 4.56. The molecule has 0 saturated heterocycles. The van der Waals surface area contributed by atoms with Crippen molar-refractivity contribution in [3.8, 4) is 5.75 Å². The van der Waals surface area contributed by atoms with Crippen LogP contribution in [0.2, 0.25) is 0 Å². The van der Waals surface area contributed by atoms with E-state index >= 15 is 0 Å². The molecule has 2 atom stereocenters. The fourth-order valence-corrected chi connectivity index (χ4v) is 3.67. The summed E-state index contributed by atoms with van der Waals surface area (Å²) >= 11 is 0. The standard InChI is InChI=1S/C20H32N2O3.C2H6/c1-24-17-10-6-9-16(13-17)11-12-22-20(23)19(25-2)18(21)14-15-7-4-3-5-8-15;1-2/h6,9-10,13,15,18-19H,3-5,7-8,11-12,14,21H2,1-2H3,(H,22,23);1-2H3/t18-,19?;/m1./s1. The van der Waals surface area contributed by atoms with Gasteiger partial charge in [0, 0.05) is 19.7 Å². The molecule has 154 valence electrons. The van der Waals surface area contributed by atoms with Crippen LogP contribution < -0.4 is 15.8 Å². The van der Waals surface area contributed by atoms with Crippen LogP contribution in [0.5, 0.6) is 5.75 Å². The molecule has 1 aliphatic carbocycles. The van der Waals surface area contributed by atoms with Crippen LogP contribution in [-0.4, -0.2) is 38.8 Å². The van der Waals surface area contributed by atoms with Crippen LogP contribution in [0.25, 0.3) is 0 Å². The summed E-state index contributed by atoms with van der Waals surface area (Å²) in [4.78, 5) is 12.4. The van der Waals surface area contributed by atoms with Crippen LogP contribution in [0.3, 0.4) is 0 Å². The van der Waals surface area contributed by atoms with Crippen molar-refractivity contribution in [3.05, 3.63) is 29.8 Å². The minimum absolute atomic E-state index is 0.117. The lowest BCUT2D eigenvalue weighted by atomic mass is 9.84. The third-order valence-electron chi connectivity index (χ3n) is 5.08. The van der Waals surface area contributed by atoms with Crippen molar-refractivity contribution in [1.82, 2.24) is 5.32 Å². The number of hydrogen-bond acceptors (Lipinski definition) is 4. The third-order valence-corrected chi connectivity index (χ3v) is 5.08. The molecule has 1 aromatic carbocycles. The van der Waals surface area contributed by atoms with Gasteiger partial charge < -0.3 is 20.5 Å². The smallest absolute Gasteiger partial charge is 0.250 e. The van der Waals surface area contributed by atoms with Crippen LogP contribution in [0.15, 0.2) is 24.3 Å². The summed E-state index contributed by atoms with van der Waals surface area (Å²) in [7, 11) is 3.21. The van der Waals surface area contributed by atoms with E-state index in [1.165, 1.54) is 32.1 Å². The Bertz CT molecular complexity index is 530. The van der Waals surface area contributed by atoms with Gasteiger partial charge in [-0.1, -0.05) is 58.1 Å². The maximum atomic E-state index is 12.4. The third kappa shape index (κ3) is 8.31. The van der Waals surface area contributed by atoms with E-state index < -0.39 is 6.10 Å². The fraction of sp³-hybridized carbons (Fsp3) is 0.682. The van der Waals surface area contributed by atoms with Gasteiger partial charge in [-0.15, -0.1) is 0 Å². The van der Waals surface area contributed by atoms with Crippen LogP contribution in [-0.2, 0) is 16.0 Å². The molecule has 0 radical (unpaired) electrons. The van der Waals surface area contributed by atoms with Crippen LogP contribution >= 0.6 is 0 Å². The second-order valence-electron chi connectivity index (χ2n) is 6.95. The molecule has 0 heterocycles. The number of carbonyl (C=O) groups excluding carboxylic acids is 1. The van der Waals surface area contributed by atoms with Gasteiger partial charge in [-0.3, -0.25) is 4.79 Å². The lowest BCUT2D eigenvalue weighted by Gasteiger charge is -2.28. The molecule has 0 spiro atoms. The zero-order valence-electron chi connectivity index (χ0n) is 17.5. The van der Waals surface area contributed by atoms with Crippen molar-refractivity contribution >= 4 is 5.91 Å². The van der Waals surface area contributed by atoms with E-state index in [1.807, 2.05) is 38.1 Å². The second-order valence-corrected chi connectivity index (χ2v) is 6.95. The molecule has 0 bridgehead atoms. The first kappa shape index (κ1) is 23.4. The predicted octanol–water partition coefficient (Wildman–Crippen LogP) is 3.69. The van der Waals surface area contributed by atoms with E-state index in [1.54, 1.807) is 14.2 Å². The van der Waals surface area contributed by atoms with Gasteiger partial charge in [0.1, 0.15) is 5.75 Å². The van der Waals surface area contributed by atoms with Gasteiger partial charge in [-0.2, -0.15) is 0 Å². The number of amides is 1. The molecule has 1 unspecified atom stereocenters. The predicted molar refractivity (Wildman–Crippen MR) is 111 cm³/mol. The van der Waals surface area contributed by atoms with E-state index in [0.717, 1.165) is 24.2 Å². The van der Waals surface area contributed by atoms with Crippen LogP contribution in [0.1, 0.15) is 57.9 Å². The van der Waals surface area contributed by atoms with Crippen molar-refractivity contribution in [1.29, 1.82) is 0 Å². The molecule has 1 saturated carbocycles. The summed E-state index contributed by atoms with van der Waals surface area (Å²) in [5.41, 5.74) is 7.40. The zero-order valence-corrected chi connectivity index (χ0v) is 17.5. The van der Waals surface area contributed by atoms with Crippen LogP contribution in [0, 0.1) is 5.92 Å². The van der Waals surface area contributed by atoms with Crippen molar-refractivity contribution in [2.24, 2.45) is 11.7 Å².